The van der Waals surface area contributed by atoms with E-state index in [9.17, 15) is 19.5 Å². The lowest BCUT2D eigenvalue weighted by molar-refractivity contribution is -0.157. The molecule has 0 spiro atoms. The standard InChI is InChI=1S/C21H25N5O5S/c22-18(23)14-3-5-15(6-4-14)31-10-2-1-7-21(11-17(27)28,16-12-32-13-25-16)26-9-8-24-19(29)20(26)30/h3-6,12-13H,1-2,7-11H2,(H3,22,23)(H,24,29)(H,27,28). The first-order valence-corrected chi connectivity index (χ1v) is 11.1. The summed E-state index contributed by atoms with van der Waals surface area (Å²) in [5, 5.41) is 21.3. The molecule has 10 nitrogen and oxygen atoms in total. The van der Waals surface area contributed by atoms with Crippen LogP contribution in [0.15, 0.2) is 35.2 Å². The van der Waals surface area contributed by atoms with E-state index in [4.69, 9.17) is 15.9 Å². The predicted molar refractivity (Wildman–Crippen MR) is 118 cm³/mol. The second-order valence-electron chi connectivity index (χ2n) is 7.43. The number of carbonyl (C=O) groups excluding carboxylic acids is 2. The van der Waals surface area contributed by atoms with E-state index in [0.29, 0.717) is 42.9 Å². The Balaban J connectivity index is 1.70. The van der Waals surface area contributed by atoms with Gasteiger partial charge in [-0.2, -0.15) is 0 Å². The van der Waals surface area contributed by atoms with Gasteiger partial charge in [0.2, 0.25) is 0 Å². The van der Waals surface area contributed by atoms with Crippen molar-refractivity contribution < 1.29 is 24.2 Å². The molecule has 1 unspecified atom stereocenters. The number of thiazole rings is 1. The number of rotatable bonds is 11. The van der Waals surface area contributed by atoms with Gasteiger partial charge in [-0.05, 0) is 43.5 Å². The fourth-order valence-corrected chi connectivity index (χ4v) is 4.44. The minimum absolute atomic E-state index is 0.0192. The van der Waals surface area contributed by atoms with Gasteiger partial charge < -0.3 is 25.8 Å². The Bertz CT molecular complexity index is 979. The molecule has 2 heterocycles. The van der Waals surface area contributed by atoms with Gasteiger partial charge in [0.05, 0.1) is 29.8 Å². The average Bonchev–Trinajstić information content (AvgIpc) is 3.30. The smallest absolute Gasteiger partial charge is 0.312 e. The lowest BCUT2D eigenvalue weighted by Crippen LogP contribution is -2.60. The van der Waals surface area contributed by atoms with E-state index in [1.165, 1.54) is 16.2 Å². The zero-order valence-corrected chi connectivity index (χ0v) is 18.2. The molecule has 1 fully saturated rings. The Labute approximate surface area is 188 Å². The number of nitrogens with zero attached hydrogens (tertiary/aromatic N) is 2. The van der Waals surface area contributed by atoms with Crippen LogP contribution < -0.4 is 15.8 Å². The summed E-state index contributed by atoms with van der Waals surface area (Å²) in [4.78, 5) is 42.1. The molecular formula is C21H25N5O5S. The van der Waals surface area contributed by atoms with E-state index in [0.717, 1.165) is 0 Å². The fraction of sp³-hybridized carbons (Fsp3) is 0.381. The quantitative estimate of drug-likeness (QED) is 0.171. The number of aliphatic carboxylic acids is 1. The van der Waals surface area contributed by atoms with Crippen molar-refractivity contribution in [2.24, 2.45) is 5.73 Å². The van der Waals surface area contributed by atoms with Gasteiger partial charge in [0.25, 0.3) is 0 Å². The number of hydrogen-bond donors (Lipinski definition) is 4. The van der Waals surface area contributed by atoms with Crippen LogP contribution in [0.1, 0.15) is 36.9 Å². The van der Waals surface area contributed by atoms with Crippen LogP contribution in [0.3, 0.4) is 0 Å². The average molecular weight is 460 g/mol. The van der Waals surface area contributed by atoms with Gasteiger partial charge >= 0.3 is 17.8 Å². The van der Waals surface area contributed by atoms with Crippen molar-refractivity contribution in [1.82, 2.24) is 15.2 Å². The van der Waals surface area contributed by atoms with Crippen LogP contribution in [0.25, 0.3) is 0 Å². The molecule has 32 heavy (non-hydrogen) atoms. The molecule has 0 bridgehead atoms. The molecule has 1 aromatic heterocycles. The molecule has 0 saturated carbocycles. The van der Waals surface area contributed by atoms with E-state index in [2.05, 4.69) is 10.3 Å². The van der Waals surface area contributed by atoms with E-state index >= 15 is 0 Å². The van der Waals surface area contributed by atoms with Crippen molar-refractivity contribution in [3.05, 3.63) is 46.4 Å². The number of amides is 2. The minimum atomic E-state index is -1.20. The maximum atomic E-state index is 12.6. The van der Waals surface area contributed by atoms with Crippen molar-refractivity contribution >= 4 is 35.0 Å². The SMILES string of the molecule is N=C(N)c1ccc(OCCCCC(CC(=O)O)(c2cscn2)N2CCNC(=O)C2=O)cc1. The second-order valence-corrected chi connectivity index (χ2v) is 8.15. The molecule has 1 aromatic carbocycles. The van der Waals surface area contributed by atoms with Crippen LogP contribution in [0.5, 0.6) is 5.75 Å². The summed E-state index contributed by atoms with van der Waals surface area (Å²) in [7, 11) is 0. The van der Waals surface area contributed by atoms with Crippen molar-refractivity contribution in [1.29, 1.82) is 5.41 Å². The van der Waals surface area contributed by atoms with Crippen molar-refractivity contribution in [2.45, 2.75) is 31.2 Å². The zero-order chi connectivity index (χ0) is 23.1. The molecule has 170 valence electrons. The minimum Gasteiger partial charge on any atom is -0.494 e. The zero-order valence-electron chi connectivity index (χ0n) is 17.4. The fourth-order valence-electron chi connectivity index (χ4n) is 3.80. The lowest BCUT2D eigenvalue weighted by atomic mass is 9.83. The van der Waals surface area contributed by atoms with Gasteiger partial charge in [0.1, 0.15) is 11.6 Å². The summed E-state index contributed by atoms with van der Waals surface area (Å²) in [6, 6.07) is 6.85. The molecule has 11 heteroatoms. The third kappa shape index (κ3) is 5.22. The first-order chi connectivity index (χ1) is 15.3. The molecule has 2 amide bonds. The molecule has 1 atom stereocenters. The second kappa shape index (κ2) is 10.2. The number of nitrogen functional groups attached to an aromatic ring is 1. The highest BCUT2D eigenvalue weighted by atomic mass is 32.1. The first-order valence-electron chi connectivity index (χ1n) is 10.1. The van der Waals surface area contributed by atoms with Crippen molar-refractivity contribution in [3.63, 3.8) is 0 Å². The van der Waals surface area contributed by atoms with Gasteiger partial charge in [-0.15, -0.1) is 11.3 Å². The van der Waals surface area contributed by atoms with E-state index in [1.807, 2.05) is 0 Å². The van der Waals surface area contributed by atoms with E-state index < -0.39 is 23.3 Å². The van der Waals surface area contributed by atoms with Gasteiger partial charge in [0, 0.05) is 24.0 Å². The molecule has 1 saturated heterocycles. The lowest BCUT2D eigenvalue weighted by Gasteiger charge is -2.43. The number of ether oxygens (including phenoxy) is 1. The number of nitrogens with one attached hydrogen (secondary N) is 2. The van der Waals surface area contributed by atoms with Crippen LogP contribution in [0.4, 0.5) is 0 Å². The van der Waals surface area contributed by atoms with Gasteiger partial charge in [-0.3, -0.25) is 19.8 Å². The Morgan fingerprint density at radius 3 is 2.69 bits per heavy atom. The Morgan fingerprint density at radius 1 is 1.31 bits per heavy atom. The number of hydrogen-bond acceptors (Lipinski definition) is 7. The maximum absolute atomic E-state index is 12.6. The third-order valence-electron chi connectivity index (χ3n) is 5.35. The highest BCUT2D eigenvalue weighted by molar-refractivity contribution is 7.07. The van der Waals surface area contributed by atoms with Gasteiger partial charge in [-0.1, -0.05) is 0 Å². The van der Waals surface area contributed by atoms with E-state index in [1.54, 1.807) is 35.2 Å². The third-order valence-corrected chi connectivity index (χ3v) is 5.94. The number of aromatic nitrogens is 1. The molecule has 5 N–H and O–H groups in total. The summed E-state index contributed by atoms with van der Waals surface area (Å²) in [5.41, 5.74) is 6.92. The molecule has 1 aliphatic heterocycles. The van der Waals surface area contributed by atoms with E-state index in [-0.39, 0.29) is 25.3 Å². The van der Waals surface area contributed by atoms with Gasteiger partial charge in [0.15, 0.2) is 0 Å². The van der Waals surface area contributed by atoms with Crippen LogP contribution >= 0.6 is 11.3 Å². The summed E-state index contributed by atoms with van der Waals surface area (Å²) >= 11 is 1.31. The summed E-state index contributed by atoms with van der Waals surface area (Å²) in [6.07, 6.45) is 1.15. The molecule has 0 radical (unpaired) electrons. The van der Waals surface area contributed by atoms with Crippen LogP contribution in [0.2, 0.25) is 0 Å². The molecule has 0 aliphatic carbocycles. The number of carboxylic acids is 1. The van der Waals surface area contributed by atoms with Crippen LogP contribution in [-0.4, -0.2) is 58.3 Å². The molecule has 2 aromatic rings. The summed E-state index contributed by atoms with van der Waals surface area (Å²) < 4.78 is 5.73. The highest BCUT2D eigenvalue weighted by Gasteiger charge is 2.47. The Kier molecular flexibility index (Phi) is 7.41. The maximum Gasteiger partial charge on any atom is 0.312 e. The number of piperazine rings is 1. The number of carboxylic acid groups (broad SMARTS) is 1. The van der Waals surface area contributed by atoms with Crippen molar-refractivity contribution in [2.75, 3.05) is 19.7 Å². The number of unbranched alkanes of at least 4 members (excludes halogenated alkanes) is 1. The van der Waals surface area contributed by atoms with Gasteiger partial charge in [-0.25, -0.2) is 4.98 Å². The largest absolute Gasteiger partial charge is 0.494 e. The van der Waals surface area contributed by atoms with Crippen molar-refractivity contribution in [3.8, 4) is 5.75 Å². The number of carbonyl (C=O) groups is 3. The number of benzene rings is 1. The topological polar surface area (TPSA) is 159 Å². The monoisotopic (exact) mass is 459 g/mol. The molecular weight excluding hydrogens is 434 g/mol. The van der Waals surface area contributed by atoms with Crippen LogP contribution in [-0.2, 0) is 19.9 Å². The molecule has 3 rings (SSSR count). The Hall–Kier alpha value is -3.47. The predicted octanol–water partition coefficient (Wildman–Crippen LogP) is 1.30. The normalized spacial score (nSPS) is 15.7. The highest BCUT2D eigenvalue weighted by Crippen LogP contribution is 2.38. The summed E-state index contributed by atoms with van der Waals surface area (Å²) in [5.74, 6) is -1.94. The molecule has 1 aliphatic rings. The summed E-state index contributed by atoms with van der Waals surface area (Å²) in [6.45, 7) is 0.859. The van der Waals surface area contributed by atoms with Crippen LogP contribution in [0, 0.1) is 5.41 Å². The first kappa shape index (κ1) is 23.2. The number of nitrogens with two attached hydrogens (primary N) is 1. The number of amidine groups is 1. The Morgan fingerprint density at radius 2 is 2.06 bits per heavy atom.